The van der Waals surface area contributed by atoms with Crippen LogP contribution in [0, 0.1) is 5.82 Å². The van der Waals surface area contributed by atoms with Gasteiger partial charge in [0.05, 0.1) is 22.9 Å². The van der Waals surface area contributed by atoms with Crippen LogP contribution in [-0.2, 0) is 9.59 Å². The van der Waals surface area contributed by atoms with Crippen molar-refractivity contribution in [2.75, 3.05) is 25.1 Å². The molecule has 0 saturated heterocycles. The SMILES string of the molecule is CN(CCO)C1=C(c2ccccc2)C(=O)N(c2ccc(F)c(Cl)c2)C1=O. The number of hydrogen-bond donors (Lipinski definition) is 1. The van der Waals surface area contributed by atoms with Crippen LogP contribution in [0.25, 0.3) is 5.57 Å². The molecule has 1 heterocycles. The van der Waals surface area contributed by atoms with Gasteiger partial charge in [-0.15, -0.1) is 0 Å². The summed E-state index contributed by atoms with van der Waals surface area (Å²) in [5.74, 6) is -1.71. The van der Waals surface area contributed by atoms with Crippen molar-refractivity contribution in [1.29, 1.82) is 0 Å². The van der Waals surface area contributed by atoms with Crippen molar-refractivity contribution in [2.24, 2.45) is 0 Å². The highest BCUT2D eigenvalue weighted by Crippen LogP contribution is 2.35. The Bertz CT molecular complexity index is 899. The van der Waals surface area contributed by atoms with E-state index < -0.39 is 17.6 Å². The van der Waals surface area contributed by atoms with Gasteiger partial charge >= 0.3 is 0 Å². The minimum Gasteiger partial charge on any atom is -0.395 e. The van der Waals surface area contributed by atoms with Gasteiger partial charge in [-0.3, -0.25) is 9.59 Å². The monoisotopic (exact) mass is 374 g/mol. The molecule has 2 aromatic carbocycles. The number of imide groups is 1. The Kier molecular flexibility index (Phi) is 5.06. The topological polar surface area (TPSA) is 60.9 Å². The fourth-order valence-electron chi connectivity index (χ4n) is 2.86. The molecular weight excluding hydrogens is 359 g/mol. The Morgan fingerprint density at radius 1 is 1.12 bits per heavy atom. The quantitative estimate of drug-likeness (QED) is 0.817. The van der Waals surface area contributed by atoms with E-state index in [2.05, 4.69) is 0 Å². The van der Waals surface area contributed by atoms with Crippen LogP contribution in [0.5, 0.6) is 0 Å². The van der Waals surface area contributed by atoms with Crippen LogP contribution in [0.3, 0.4) is 0 Å². The molecule has 0 aromatic heterocycles. The Morgan fingerprint density at radius 3 is 2.42 bits per heavy atom. The van der Waals surface area contributed by atoms with E-state index in [-0.39, 0.29) is 35.1 Å². The molecule has 3 rings (SSSR count). The molecule has 1 aliphatic heterocycles. The molecular formula is C19H16ClFN2O3. The number of rotatable bonds is 5. The molecule has 1 N–H and O–H groups in total. The number of amides is 2. The minimum absolute atomic E-state index is 0.175. The van der Waals surface area contributed by atoms with E-state index in [1.807, 2.05) is 0 Å². The molecule has 0 saturated carbocycles. The first-order valence-corrected chi connectivity index (χ1v) is 8.29. The molecule has 0 fully saturated rings. The van der Waals surface area contributed by atoms with Gasteiger partial charge in [-0.05, 0) is 23.8 Å². The van der Waals surface area contributed by atoms with Crippen molar-refractivity contribution in [1.82, 2.24) is 4.90 Å². The maximum atomic E-state index is 13.5. The molecule has 2 amide bonds. The van der Waals surface area contributed by atoms with Crippen molar-refractivity contribution in [3.63, 3.8) is 0 Å². The zero-order chi connectivity index (χ0) is 18.8. The second kappa shape index (κ2) is 7.27. The number of aliphatic hydroxyl groups is 1. The van der Waals surface area contributed by atoms with E-state index in [0.29, 0.717) is 5.56 Å². The molecule has 7 heteroatoms. The van der Waals surface area contributed by atoms with Crippen LogP contribution < -0.4 is 4.90 Å². The van der Waals surface area contributed by atoms with Crippen LogP contribution in [0.4, 0.5) is 10.1 Å². The third-order valence-corrected chi connectivity index (χ3v) is 4.39. The molecule has 0 unspecified atom stereocenters. The second-order valence-electron chi connectivity index (χ2n) is 5.78. The maximum Gasteiger partial charge on any atom is 0.282 e. The van der Waals surface area contributed by atoms with Gasteiger partial charge in [0.1, 0.15) is 11.5 Å². The summed E-state index contributed by atoms with van der Waals surface area (Å²) in [6.07, 6.45) is 0. The molecule has 134 valence electrons. The molecule has 26 heavy (non-hydrogen) atoms. The zero-order valence-electron chi connectivity index (χ0n) is 13.9. The largest absolute Gasteiger partial charge is 0.395 e. The van der Waals surface area contributed by atoms with Gasteiger partial charge in [-0.1, -0.05) is 41.9 Å². The molecule has 0 atom stereocenters. The highest BCUT2D eigenvalue weighted by Gasteiger charge is 2.41. The number of anilines is 1. The number of halogens is 2. The van der Waals surface area contributed by atoms with E-state index >= 15 is 0 Å². The fraction of sp³-hybridized carbons (Fsp3) is 0.158. The van der Waals surface area contributed by atoms with Gasteiger partial charge in [0.25, 0.3) is 11.8 Å². The van der Waals surface area contributed by atoms with E-state index in [4.69, 9.17) is 11.6 Å². The summed E-state index contributed by atoms with van der Waals surface area (Å²) in [5.41, 5.74) is 1.18. The number of likely N-dealkylation sites (N-methyl/N-ethyl adjacent to an activating group) is 1. The number of hydrogen-bond acceptors (Lipinski definition) is 4. The summed E-state index contributed by atoms with van der Waals surface area (Å²) < 4.78 is 13.5. The van der Waals surface area contributed by atoms with Crippen LogP contribution in [0.2, 0.25) is 5.02 Å². The number of aliphatic hydroxyl groups excluding tert-OH is 1. The van der Waals surface area contributed by atoms with Crippen LogP contribution in [-0.4, -0.2) is 42.0 Å². The lowest BCUT2D eigenvalue weighted by molar-refractivity contribution is -0.120. The van der Waals surface area contributed by atoms with Crippen molar-refractivity contribution >= 4 is 34.7 Å². The first-order chi connectivity index (χ1) is 12.5. The Balaban J connectivity index is 2.12. The Labute approximate surface area is 154 Å². The fourth-order valence-corrected chi connectivity index (χ4v) is 3.03. The van der Waals surface area contributed by atoms with Gasteiger partial charge in [-0.2, -0.15) is 0 Å². The second-order valence-corrected chi connectivity index (χ2v) is 6.19. The normalized spacial score (nSPS) is 14.4. The molecule has 0 spiro atoms. The average molecular weight is 375 g/mol. The van der Waals surface area contributed by atoms with Crippen molar-refractivity contribution < 1.29 is 19.1 Å². The van der Waals surface area contributed by atoms with Gasteiger partial charge in [0, 0.05) is 13.6 Å². The molecule has 1 aliphatic rings. The lowest BCUT2D eigenvalue weighted by atomic mass is 10.0. The molecule has 5 nitrogen and oxygen atoms in total. The van der Waals surface area contributed by atoms with Crippen LogP contribution in [0.1, 0.15) is 5.56 Å². The highest BCUT2D eigenvalue weighted by atomic mass is 35.5. The molecule has 2 aromatic rings. The van der Waals surface area contributed by atoms with Crippen molar-refractivity contribution in [2.45, 2.75) is 0 Å². The Hall–Kier alpha value is -2.70. The summed E-state index contributed by atoms with van der Waals surface area (Å²) in [7, 11) is 1.63. The first kappa shape index (κ1) is 18.1. The molecule has 0 aliphatic carbocycles. The van der Waals surface area contributed by atoms with Crippen LogP contribution >= 0.6 is 11.6 Å². The average Bonchev–Trinajstić information content (AvgIpc) is 2.89. The summed E-state index contributed by atoms with van der Waals surface area (Å²) in [5, 5.41) is 9.04. The highest BCUT2D eigenvalue weighted by molar-refractivity contribution is 6.45. The smallest absolute Gasteiger partial charge is 0.282 e. The van der Waals surface area contributed by atoms with E-state index in [1.54, 1.807) is 37.4 Å². The van der Waals surface area contributed by atoms with E-state index in [1.165, 1.54) is 17.0 Å². The third kappa shape index (κ3) is 3.09. The number of nitrogens with zero attached hydrogens (tertiary/aromatic N) is 2. The van der Waals surface area contributed by atoms with Gasteiger partial charge < -0.3 is 10.0 Å². The zero-order valence-corrected chi connectivity index (χ0v) is 14.7. The van der Waals surface area contributed by atoms with E-state index in [0.717, 1.165) is 11.0 Å². The van der Waals surface area contributed by atoms with E-state index in [9.17, 15) is 19.1 Å². The van der Waals surface area contributed by atoms with Gasteiger partial charge in [0.2, 0.25) is 0 Å². The third-order valence-electron chi connectivity index (χ3n) is 4.10. The Morgan fingerprint density at radius 2 is 1.81 bits per heavy atom. The first-order valence-electron chi connectivity index (χ1n) is 7.91. The van der Waals surface area contributed by atoms with Gasteiger partial charge in [0.15, 0.2) is 0 Å². The van der Waals surface area contributed by atoms with Gasteiger partial charge in [-0.25, -0.2) is 9.29 Å². The van der Waals surface area contributed by atoms with Crippen molar-refractivity contribution in [3.05, 3.63) is 70.6 Å². The number of carbonyl (C=O) groups excluding carboxylic acids is 2. The predicted molar refractivity (Wildman–Crippen MR) is 97.0 cm³/mol. The minimum atomic E-state index is -0.636. The summed E-state index contributed by atoms with van der Waals surface area (Å²) >= 11 is 5.81. The standard InChI is InChI=1S/C19H16ClFN2O3/c1-22(9-10-24)17-16(12-5-3-2-4-6-12)18(25)23(19(17)26)13-7-8-15(21)14(20)11-13/h2-8,11,24H,9-10H2,1H3. The van der Waals surface area contributed by atoms with Crippen LogP contribution in [0.15, 0.2) is 54.2 Å². The lowest BCUT2D eigenvalue weighted by Gasteiger charge is -2.20. The molecule has 0 radical (unpaired) electrons. The maximum absolute atomic E-state index is 13.5. The lowest BCUT2D eigenvalue weighted by Crippen LogP contribution is -2.34. The summed E-state index contributed by atoms with van der Waals surface area (Å²) in [4.78, 5) is 28.6. The molecule has 0 bridgehead atoms. The summed E-state index contributed by atoms with van der Waals surface area (Å²) in [6.45, 7) is 0.00855. The van der Waals surface area contributed by atoms with Crippen molar-refractivity contribution in [3.8, 4) is 0 Å². The number of benzene rings is 2. The summed E-state index contributed by atoms with van der Waals surface area (Å²) in [6, 6.07) is 12.5. The number of carbonyl (C=O) groups is 2. The predicted octanol–water partition coefficient (Wildman–Crippen LogP) is 2.69.